The van der Waals surface area contributed by atoms with Crippen molar-refractivity contribution in [3.8, 4) is 0 Å². The van der Waals surface area contributed by atoms with Crippen molar-refractivity contribution in [2.24, 2.45) is 11.8 Å². The number of carbonyl (C=O) groups is 4. The number of esters is 2. The lowest BCUT2D eigenvalue weighted by Gasteiger charge is -2.34. The number of anilines is 1. The number of fused-ring (bicyclic) bond motifs is 5. The van der Waals surface area contributed by atoms with Gasteiger partial charge >= 0.3 is 11.9 Å². The Hall–Kier alpha value is -3.00. The number of hydrogen-bond donors (Lipinski definition) is 0. The summed E-state index contributed by atoms with van der Waals surface area (Å²) in [4.78, 5) is 50.3. The van der Waals surface area contributed by atoms with Gasteiger partial charge in [0.05, 0.1) is 23.6 Å². The zero-order valence-electron chi connectivity index (χ0n) is 14.7. The Morgan fingerprint density at radius 2 is 1.70 bits per heavy atom. The highest BCUT2D eigenvalue weighted by Crippen LogP contribution is 2.54. The van der Waals surface area contributed by atoms with Gasteiger partial charge in [-0.2, -0.15) is 0 Å². The maximum absolute atomic E-state index is 13.2. The van der Waals surface area contributed by atoms with Crippen LogP contribution in [-0.2, 0) is 33.4 Å². The van der Waals surface area contributed by atoms with Crippen LogP contribution in [0.5, 0.6) is 0 Å². The van der Waals surface area contributed by atoms with Crippen molar-refractivity contribution in [2.45, 2.75) is 31.8 Å². The molecule has 3 aliphatic rings. The topological polar surface area (TPSA) is 99.2 Å². The van der Waals surface area contributed by atoms with Crippen LogP contribution in [-0.4, -0.2) is 41.7 Å². The third kappa shape index (κ3) is 2.48. The van der Waals surface area contributed by atoms with Gasteiger partial charge < -0.3 is 14.2 Å². The molecule has 3 heterocycles. The van der Waals surface area contributed by atoms with Crippen molar-refractivity contribution in [2.75, 3.05) is 4.90 Å². The third-order valence-corrected chi connectivity index (χ3v) is 5.01. The summed E-state index contributed by atoms with van der Waals surface area (Å²) in [5.74, 6) is -3.99. The number of rotatable bonds is 4. The molecule has 0 spiro atoms. The van der Waals surface area contributed by atoms with E-state index in [2.05, 4.69) is 0 Å². The summed E-state index contributed by atoms with van der Waals surface area (Å²) in [6, 6.07) is 8.56. The van der Waals surface area contributed by atoms with E-state index < -0.39 is 53.6 Å². The van der Waals surface area contributed by atoms with Gasteiger partial charge in [-0.25, -0.2) is 4.90 Å². The molecule has 0 aromatic heterocycles. The zero-order valence-corrected chi connectivity index (χ0v) is 14.7. The lowest BCUT2D eigenvalue weighted by Crippen LogP contribution is -2.52. The van der Waals surface area contributed by atoms with Crippen LogP contribution < -0.4 is 4.90 Å². The van der Waals surface area contributed by atoms with Gasteiger partial charge in [0, 0.05) is 13.8 Å². The molecular formula is C19H17NO7. The fraction of sp³-hybridized carbons (Fsp3) is 0.368. The normalized spacial score (nSPS) is 30.8. The summed E-state index contributed by atoms with van der Waals surface area (Å²) in [7, 11) is 0. The first-order valence-electron chi connectivity index (χ1n) is 8.49. The molecule has 0 aliphatic carbocycles. The number of ether oxygens (including phenoxy) is 3. The SMILES string of the molecule is CC(=O)OC(OC(C)=O)[C@@]12C=C[C@@H](O1)[C@H]1C(=O)N(c3ccccc3)C(=O)[C@H]12. The van der Waals surface area contributed by atoms with E-state index in [0.717, 1.165) is 18.7 Å². The number of para-hydroxylation sites is 1. The van der Waals surface area contributed by atoms with Gasteiger partial charge in [-0.1, -0.05) is 24.3 Å². The summed E-state index contributed by atoms with van der Waals surface area (Å²) in [6.45, 7) is 2.32. The van der Waals surface area contributed by atoms with E-state index in [4.69, 9.17) is 14.2 Å². The average molecular weight is 371 g/mol. The second kappa shape index (κ2) is 6.02. The number of carbonyl (C=O) groups excluding carboxylic acids is 4. The maximum atomic E-state index is 13.2. The molecule has 1 aromatic rings. The second-order valence-corrected chi connectivity index (χ2v) is 6.70. The van der Waals surface area contributed by atoms with Gasteiger partial charge in [0.25, 0.3) is 6.29 Å². The van der Waals surface area contributed by atoms with Gasteiger partial charge in [0.15, 0.2) is 5.60 Å². The fourth-order valence-electron chi connectivity index (χ4n) is 4.05. The summed E-state index contributed by atoms with van der Waals surface area (Å²) in [5.41, 5.74) is -1.07. The lowest BCUT2D eigenvalue weighted by atomic mass is 9.76. The minimum Gasteiger partial charge on any atom is -0.422 e. The predicted octanol–water partition coefficient (Wildman–Crippen LogP) is 0.952. The van der Waals surface area contributed by atoms with Crippen LogP contribution in [0.1, 0.15) is 13.8 Å². The molecule has 2 amide bonds. The van der Waals surface area contributed by atoms with Crippen molar-refractivity contribution in [1.29, 1.82) is 0 Å². The monoisotopic (exact) mass is 371 g/mol. The summed E-state index contributed by atoms with van der Waals surface area (Å²) in [5, 5.41) is 0. The van der Waals surface area contributed by atoms with Crippen molar-refractivity contribution < 1.29 is 33.4 Å². The Bertz CT molecular complexity index is 848. The van der Waals surface area contributed by atoms with E-state index in [1.165, 1.54) is 0 Å². The Morgan fingerprint density at radius 1 is 1.07 bits per heavy atom. The minimum absolute atomic E-state index is 0.392. The van der Waals surface area contributed by atoms with Crippen LogP contribution in [0.25, 0.3) is 0 Å². The molecule has 0 unspecified atom stereocenters. The number of amides is 2. The highest BCUT2D eigenvalue weighted by Gasteiger charge is 2.72. The van der Waals surface area contributed by atoms with E-state index in [0.29, 0.717) is 5.69 Å². The first-order chi connectivity index (χ1) is 12.8. The van der Waals surface area contributed by atoms with Gasteiger partial charge in [-0.15, -0.1) is 0 Å². The molecule has 4 rings (SSSR count). The molecule has 8 nitrogen and oxygen atoms in total. The molecule has 4 atom stereocenters. The van der Waals surface area contributed by atoms with E-state index in [9.17, 15) is 19.2 Å². The highest BCUT2D eigenvalue weighted by atomic mass is 16.7. The Balaban J connectivity index is 1.75. The molecule has 0 radical (unpaired) electrons. The molecule has 2 saturated heterocycles. The first-order valence-corrected chi connectivity index (χ1v) is 8.49. The molecule has 8 heteroatoms. The van der Waals surface area contributed by atoms with Crippen LogP contribution in [0, 0.1) is 11.8 Å². The predicted molar refractivity (Wildman–Crippen MR) is 90.0 cm³/mol. The van der Waals surface area contributed by atoms with E-state index in [1.807, 2.05) is 0 Å². The number of imide groups is 1. The zero-order chi connectivity index (χ0) is 19.3. The first kappa shape index (κ1) is 17.4. The van der Waals surface area contributed by atoms with Gasteiger partial charge in [-0.3, -0.25) is 19.2 Å². The van der Waals surface area contributed by atoms with Crippen LogP contribution in [0.2, 0.25) is 0 Å². The van der Waals surface area contributed by atoms with Crippen LogP contribution in [0.4, 0.5) is 5.69 Å². The van der Waals surface area contributed by atoms with E-state index in [1.54, 1.807) is 42.5 Å². The van der Waals surface area contributed by atoms with Crippen LogP contribution in [0.15, 0.2) is 42.5 Å². The standard InChI is InChI=1S/C19H17NO7/c1-10(21)25-18(26-11(2)22)19-9-8-13(27-19)14-15(19)17(24)20(16(14)23)12-6-4-3-5-7-12/h3-9,13-15,18H,1-2H3/t13-,14-,15+,19+/m1/s1. The van der Waals surface area contributed by atoms with Gasteiger partial charge in [0.2, 0.25) is 11.8 Å². The smallest absolute Gasteiger partial charge is 0.305 e. The maximum Gasteiger partial charge on any atom is 0.305 e. The summed E-state index contributed by atoms with van der Waals surface area (Å²) in [6.07, 6.45) is 1.07. The Kier molecular flexibility index (Phi) is 3.88. The molecule has 0 saturated carbocycles. The van der Waals surface area contributed by atoms with Gasteiger partial charge in [-0.05, 0) is 18.2 Å². The minimum atomic E-state index is -1.52. The van der Waals surface area contributed by atoms with Gasteiger partial charge in [0.1, 0.15) is 0 Å². The summed E-state index contributed by atoms with van der Waals surface area (Å²) >= 11 is 0. The fourth-order valence-corrected chi connectivity index (χ4v) is 4.05. The Labute approximate surface area is 154 Å². The molecule has 1 aromatic carbocycles. The van der Waals surface area contributed by atoms with Crippen molar-refractivity contribution in [3.05, 3.63) is 42.5 Å². The Morgan fingerprint density at radius 3 is 2.30 bits per heavy atom. The molecule has 2 bridgehead atoms. The number of benzene rings is 1. The van der Waals surface area contributed by atoms with Crippen LogP contribution in [0.3, 0.4) is 0 Å². The highest BCUT2D eigenvalue weighted by molar-refractivity contribution is 6.23. The van der Waals surface area contributed by atoms with Crippen molar-refractivity contribution in [1.82, 2.24) is 0 Å². The molecule has 3 aliphatic heterocycles. The summed E-state index contributed by atoms with van der Waals surface area (Å²) < 4.78 is 16.2. The third-order valence-electron chi connectivity index (χ3n) is 5.01. The quantitative estimate of drug-likeness (QED) is 0.336. The van der Waals surface area contributed by atoms with Crippen LogP contribution >= 0.6 is 0 Å². The molecule has 27 heavy (non-hydrogen) atoms. The molecular weight excluding hydrogens is 354 g/mol. The number of hydrogen-bond acceptors (Lipinski definition) is 7. The van der Waals surface area contributed by atoms with E-state index in [-0.39, 0.29) is 0 Å². The van der Waals surface area contributed by atoms with Crippen molar-refractivity contribution >= 4 is 29.4 Å². The largest absolute Gasteiger partial charge is 0.422 e. The van der Waals surface area contributed by atoms with E-state index >= 15 is 0 Å². The molecule has 2 fully saturated rings. The molecule has 140 valence electrons. The number of nitrogens with zero attached hydrogens (tertiary/aromatic N) is 1. The lowest BCUT2D eigenvalue weighted by molar-refractivity contribution is -0.226. The van der Waals surface area contributed by atoms with Crippen molar-refractivity contribution in [3.63, 3.8) is 0 Å². The molecule has 0 N–H and O–H groups in total. The second-order valence-electron chi connectivity index (χ2n) is 6.70. The average Bonchev–Trinajstić information content (AvgIpc) is 3.26.